The quantitative estimate of drug-likeness (QED) is 0.614. The normalized spacial score (nSPS) is 15.0. The number of alkyl halides is 3. The van der Waals surface area contributed by atoms with Gasteiger partial charge >= 0.3 is 6.36 Å². The zero-order chi connectivity index (χ0) is 16.2. The fourth-order valence-electron chi connectivity index (χ4n) is 1.74. The predicted molar refractivity (Wildman–Crippen MR) is 90.8 cm³/mol. The van der Waals surface area contributed by atoms with E-state index in [-0.39, 0.29) is 43.1 Å². The van der Waals surface area contributed by atoms with E-state index in [4.69, 9.17) is 11.5 Å². The third-order valence-corrected chi connectivity index (χ3v) is 2.99. The first-order valence-electron chi connectivity index (χ1n) is 6.57. The Morgan fingerprint density at radius 3 is 2.17 bits per heavy atom. The number of ether oxygens (including phenoxy) is 1. The van der Waals surface area contributed by atoms with Crippen molar-refractivity contribution in [1.82, 2.24) is 4.90 Å². The van der Waals surface area contributed by atoms with Crippen molar-refractivity contribution >= 4 is 36.7 Å². The third kappa shape index (κ3) is 7.14. The van der Waals surface area contributed by atoms with Crippen molar-refractivity contribution in [1.29, 1.82) is 0 Å². The second-order valence-electron chi connectivity index (χ2n) is 4.68. The van der Waals surface area contributed by atoms with Crippen molar-refractivity contribution in [2.24, 2.45) is 21.5 Å². The van der Waals surface area contributed by atoms with Crippen molar-refractivity contribution in [2.75, 3.05) is 13.1 Å². The highest BCUT2D eigenvalue weighted by Gasteiger charge is 2.30. The molecule has 4 N–H and O–H groups in total. The molecular weight excluding hydrogens is 370 g/mol. The highest BCUT2D eigenvalue weighted by molar-refractivity contribution is 5.93. The predicted octanol–water partition coefficient (Wildman–Crippen LogP) is 2.26. The van der Waals surface area contributed by atoms with Crippen molar-refractivity contribution in [2.45, 2.75) is 19.3 Å². The molecule has 1 aromatic rings. The molecule has 0 saturated carbocycles. The van der Waals surface area contributed by atoms with Crippen LogP contribution in [0.25, 0.3) is 0 Å². The first kappa shape index (κ1) is 22.1. The van der Waals surface area contributed by atoms with Gasteiger partial charge in [-0.05, 0) is 24.1 Å². The molecule has 11 heteroatoms. The Kier molecular flexibility index (Phi) is 8.70. The Morgan fingerprint density at radius 2 is 1.71 bits per heavy atom. The molecule has 0 aliphatic carbocycles. The van der Waals surface area contributed by atoms with E-state index in [0.717, 1.165) is 19.5 Å². The van der Waals surface area contributed by atoms with Crippen molar-refractivity contribution in [3.8, 4) is 5.75 Å². The molecule has 1 aromatic carbocycles. The van der Waals surface area contributed by atoms with E-state index in [0.29, 0.717) is 11.5 Å². The number of aliphatic imine (C=N–C) groups is 2. The average Bonchev–Trinajstić information content (AvgIpc) is 2.34. The van der Waals surface area contributed by atoms with Crippen LogP contribution in [0.2, 0.25) is 0 Å². The molecule has 1 aliphatic heterocycles. The summed E-state index contributed by atoms with van der Waals surface area (Å²) >= 11 is 0. The summed E-state index contributed by atoms with van der Waals surface area (Å²) in [7, 11) is 0. The molecule has 0 spiro atoms. The molecule has 0 amide bonds. The number of halogens is 5. The monoisotopic (exact) mass is 387 g/mol. The summed E-state index contributed by atoms with van der Waals surface area (Å²) in [6.07, 6.45) is -3.63. The van der Waals surface area contributed by atoms with E-state index in [1.807, 2.05) is 4.90 Å². The van der Waals surface area contributed by atoms with Crippen LogP contribution in [0, 0.1) is 0 Å². The summed E-state index contributed by atoms with van der Waals surface area (Å²) in [6, 6.07) is 5.37. The molecule has 0 aromatic heterocycles. The van der Waals surface area contributed by atoms with Crippen LogP contribution in [0.3, 0.4) is 0 Å². The topological polar surface area (TPSA) is 89.2 Å². The van der Waals surface area contributed by atoms with E-state index in [1.165, 1.54) is 24.3 Å². The van der Waals surface area contributed by atoms with Gasteiger partial charge in [-0.2, -0.15) is 4.99 Å². The fourth-order valence-corrected chi connectivity index (χ4v) is 1.74. The Morgan fingerprint density at radius 1 is 1.12 bits per heavy atom. The fraction of sp³-hybridized carbons (Fsp3) is 0.385. The first-order chi connectivity index (χ1) is 10.3. The van der Waals surface area contributed by atoms with Gasteiger partial charge in [0.25, 0.3) is 0 Å². The molecule has 2 rings (SSSR count). The maximum absolute atomic E-state index is 12.0. The van der Waals surface area contributed by atoms with Gasteiger partial charge < -0.3 is 21.1 Å². The van der Waals surface area contributed by atoms with Crippen LogP contribution in [-0.2, 0) is 6.54 Å². The molecule has 0 radical (unpaired) electrons. The van der Waals surface area contributed by atoms with Crippen LogP contribution in [0.15, 0.2) is 34.3 Å². The van der Waals surface area contributed by atoms with Gasteiger partial charge in [-0.15, -0.1) is 38.0 Å². The zero-order valence-electron chi connectivity index (χ0n) is 12.5. The minimum absolute atomic E-state index is 0. The lowest BCUT2D eigenvalue weighted by Crippen LogP contribution is -2.47. The van der Waals surface area contributed by atoms with Gasteiger partial charge in [-0.1, -0.05) is 12.1 Å². The lowest BCUT2D eigenvalue weighted by atomic mass is 10.2. The van der Waals surface area contributed by atoms with Gasteiger partial charge in [-0.25, -0.2) is 4.99 Å². The largest absolute Gasteiger partial charge is 0.573 e. The van der Waals surface area contributed by atoms with Crippen LogP contribution in [-0.4, -0.2) is 36.3 Å². The highest BCUT2D eigenvalue weighted by Crippen LogP contribution is 2.22. The Balaban J connectivity index is 0.00000264. The number of guanidine groups is 2. The SMILES string of the molecule is Cl.Cl.NC(=NCc1ccc(OC(F)(F)F)cc1)/N=C(/N)N1CCC1. The standard InChI is InChI=1S/C13H16F3N5O.2ClH/c14-13(15,16)22-10-4-2-9(3-5-10)8-19-11(17)20-12(18)21-6-1-7-21;;/h2-5H,1,6-8H2,(H4,17,18,19,20);2*1H. The molecule has 1 fully saturated rings. The number of nitrogens with two attached hydrogens (primary N) is 2. The van der Waals surface area contributed by atoms with E-state index >= 15 is 0 Å². The maximum atomic E-state index is 12.0. The van der Waals surface area contributed by atoms with Gasteiger partial charge in [0.05, 0.1) is 6.54 Å². The maximum Gasteiger partial charge on any atom is 0.573 e. The molecular formula is C13H18Cl2F3N5O. The first-order valence-corrected chi connectivity index (χ1v) is 6.57. The average molecular weight is 388 g/mol. The van der Waals surface area contributed by atoms with Gasteiger partial charge in [-0.3, -0.25) is 0 Å². The summed E-state index contributed by atoms with van der Waals surface area (Å²) in [6.45, 7) is 1.89. The van der Waals surface area contributed by atoms with Gasteiger partial charge in [0.2, 0.25) is 5.96 Å². The molecule has 1 aliphatic rings. The molecule has 24 heavy (non-hydrogen) atoms. The number of nitrogens with zero attached hydrogens (tertiary/aromatic N) is 3. The minimum atomic E-state index is -4.70. The van der Waals surface area contributed by atoms with Gasteiger partial charge in [0, 0.05) is 13.1 Å². The van der Waals surface area contributed by atoms with Crippen molar-refractivity contribution < 1.29 is 17.9 Å². The second kappa shape index (κ2) is 9.43. The van der Waals surface area contributed by atoms with E-state index < -0.39 is 6.36 Å². The lowest BCUT2D eigenvalue weighted by Gasteiger charge is -2.31. The Hall–Kier alpha value is -1.87. The molecule has 0 bridgehead atoms. The number of rotatable bonds is 3. The second-order valence-corrected chi connectivity index (χ2v) is 4.68. The van der Waals surface area contributed by atoms with Crippen LogP contribution < -0.4 is 16.2 Å². The molecule has 1 saturated heterocycles. The van der Waals surface area contributed by atoms with E-state index in [9.17, 15) is 13.2 Å². The smallest absolute Gasteiger partial charge is 0.406 e. The summed E-state index contributed by atoms with van der Waals surface area (Å²) in [5.41, 5.74) is 12.0. The van der Waals surface area contributed by atoms with Crippen molar-refractivity contribution in [3.05, 3.63) is 29.8 Å². The summed E-state index contributed by atoms with van der Waals surface area (Å²) in [5, 5.41) is 0. The van der Waals surface area contributed by atoms with Crippen LogP contribution in [0.5, 0.6) is 5.75 Å². The third-order valence-electron chi connectivity index (χ3n) is 2.99. The molecule has 6 nitrogen and oxygen atoms in total. The summed E-state index contributed by atoms with van der Waals surface area (Å²) in [5.74, 6) is 0.0645. The lowest BCUT2D eigenvalue weighted by molar-refractivity contribution is -0.274. The van der Waals surface area contributed by atoms with E-state index in [2.05, 4.69) is 14.7 Å². The molecule has 0 atom stereocenters. The number of benzene rings is 1. The number of hydrogen-bond acceptors (Lipinski definition) is 2. The highest BCUT2D eigenvalue weighted by atomic mass is 35.5. The zero-order valence-corrected chi connectivity index (χ0v) is 14.1. The van der Waals surface area contributed by atoms with Gasteiger partial charge in [0.15, 0.2) is 5.96 Å². The molecule has 1 heterocycles. The Bertz CT molecular complexity index is 574. The minimum Gasteiger partial charge on any atom is -0.406 e. The van der Waals surface area contributed by atoms with Crippen LogP contribution >= 0.6 is 24.8 Å². The van der Waals surface area contributed by atoms with E-state index in [1.54, 1.807) is 0 Å². The molecule has 0 unspecified atom stereocenters. The van der Waals surface area contributed by atoms with Crippen molar-refractivity contribution in [3.63, 3.8) is 0 Å². The van der Waals surface area contributed by atoms with Crippen LogP contribution in [0.4, 0.5) is 13.2 Å². The number of hydrogen-bond donors (Lipinski definition) is 2. The summed E-state index contributed by atoms with van der Waals surface area (Å²) < 4.78 is 39.9. The van der Waals surface area contributed by atoms with Gasteiger partial charge in [0.1, 0.15) is 5.75 Å². The Labute approximate surface area is 149 Å². The summed E-state index contributed by atoms with van der Waals surface area (Å²) in [4.78, 5) is 9.84. The number of likely N-dealkylation sites (tertiary alicyclic amines) is 1. The van der Waals surface area contributed by atoms with Crippen LogP contribution in [0.1, 0.15) is 12.0 Å². The molecule has 136 valence electrons.